The molecule has 0 spiro atoms. The van der Waals surface area contributed by atoms with Gasteiger partial charge in [0.15, 0.2) is 9.73 Å². The Morgan fingerprint density at radius 1 is 1.25 bits per heavy atom. The standard InChI is InChI=1S/C17H15N5S2/c23-16-20-19-15(22(16)12-6-7-12)8-13-10-24-17-18-14(9-21(13)17)11-4-2-1-3-5-11/h1-5,9-10,12H,6-8H2,(H,20,23). The van der Waals surface area contributed by atoms with Gasteiger partial charge in [0, 0.05) is 35.3 Å². The maximum atomic E-state index is 5.38. The highest BCUT2D eigenvalue weighted by molar-refractivity contribution is 7.71. The van der Waals surface area contributed by atoms with Crippen LogP contribution in [0.3, 0.4) is 0 Å². The van der Waals surface area contributed by atoms with Gasteiger partial charge in [-0.15, -0.1) is 11.3 Å². The SMILES string of the molecule is S=c1[nH]nc(Cc2csc3nc(-c4ccccc4)cn23)n1C1CC1. The molecule has 0 atom stereocenters. The van der Waals surface area contributed by atoms with E-state index >= 15 is 0 Å². The molecule has 4 aromatic rings. The Morgan fingerprint density at radius 2 is 2.08 bits per heavy atom. The topological polar surface area (TPSA) is 50.9 Å². The summed E-state index contributed by atoms with van der Waals surface area (Å²) < 4.78 is 5.07. The molecule has 3 aromatic heterocycles. The van der Waals surface area contributed by atoms with Gasteiger partial charge in [0.1, 0.15) is 5.82 Å². The molecule has 0 saturated heterocycles. The van der Waals surface area contributed by atoms with Crippen LogP contribution in [0, 0.1) is 4.77 Å². The lowest BCUT2D eigenvalue weighted by molar-refractivity contribution is 0.682. The van der Waals surface area contributed by atoms with Crippen molar-refractivity contribution in [3.05, 3.63) is 58.2 Å². The van der Waals surface area contributed by atoms with Gasteiger partial charge in [-0.2, -0.15) is 5.10 Å². The van der Waals surface area contributed by atoms with Gasteiger partial charge in [-0.25, -0.2) is 4.98 Å². The molecule has 1 aliphatic rings. The molecule has 0 radical (unpaired) electrons. The van der Waals surface area contributed by atoms with Crippen LogP contribution in [0.1, 0.15) is 30.4 Å². The number of nitrogens with zero attached hydrogens (tertiary/aromatic N) is 4. The number of fused-ring (bicyclic) bond motifs is 1. The molecule has 24 heavy (non-hydrogen) atoms. The minimum atomic E-state index is 0.531. The number of benzene rings is 1. The quantitative estimate of drug-likeness (QED) is 0.558. The Morgan fingerprint density at radius 3 is 2.88 bits per heavy atom. The van der Waals surface area contributed by atoms with Gasteiger partial charge in [0.2, 0.25) is 0 Å². The van der Waals surface area contributed by atoms with Crippen molar-refractivity contribution in [2.45, 2.75) is 25.3 Å². The summed E-state index contributed by atoms with van der Waals surface area (Å²) in [7, 11) is 0. The molecule has 1 saturated carbocycles. The third-order valence-electron chi connectivity index (χ3n) is 4.38. The molecule has 1 N–H and O–H groups in total. The van der Waals surface area contributed by atoms with Crippen molar-refractivity contribution in [1.82, 2.24) is 24.1 Å². The minimum Gasteiger partial charge on any atom is -0.301 e. The predicted molar refractivity (Wildman–Crippen MR) is 97.0 cm³/mol. The maximum absolute atomic E-state index is 5.38. The molecule has 1 aromatic carbocycles. The van der Waals surface area contributed by atoms with Crippen molar-refractivity contribution in [2.24, 2.45) is 0 Å². The molecule has 3 heterocycles. The van der Waals surface area contributed by atoms with Crippen LogP contribution >= 0.6 is 23.6 Å². The Balaban J connectivity index is 1.54. The predicted octanol–water partition coefficient (Wildman–Crippen LogP) is 4.24. The lowest BCUT2D eigenvalue weighted by Gasteiger charge is -2.04. The number of hydrogen-bond donors (Lipinski definition) is 1. The third-order valence-corrected chi connectivity index (χ3v) is 5.56. The normalized spacial score (nSPS) is 14.5. The zero-order valence-electron chi connectivity index (χ0n) is 12.8. The number of nitrogens with one attached hydrogen (secondary N) is 1. The molecule has 5 nitrogen and oxygen atoms in total. The minimum absolute atomic E-state index is 0.531. The number of H-pyrrole nitrogens is 1. The van der Waals surface area contributed by atoms with Crippen molar-refractivity contribution in [2.75, 3.05) is 0 Å². The molecule has 7 heteroatoms. The van der Waals surface area contributed by atoms with Crippen LogP contribution < -0.4 is 0 Å². The summed E-state index contributed by atoms with van der Waals surface area (Å²) in [6.07, 6.45) is 5.26. The van der Waals surface area contributed by atoms with Gasteiger partial charge in [0.25, 0.3) is 0 Å². The van der Waals surface area contributed by atoms with Gasteiger partial charge < -0.3 is 4.57 Å². The van der Waals surface area contributed by atoms with E-state index in [2.05, 4.69) is 42.9 Å². The van der Waals surface area contributed by atoms with E-state index < -0.39 is 0 Å². The molecule has 5 rings (SSSR count). The largest absolute Gasteiger partial charge is 0.301 e. The fraction of sp³-hybridized carbons (Fsp3) is 0.235. The molecule has 1 fully saturated rings. The smallest absolute Gasteiger partial charge is 0.195 e. The van der Waals surface area contributed by atoms with Crippen LogP contribution in [-0.4, -0.2) is 24.1 Å². The number of thiazole rings is 1. The summed E-state index contributed by atoms with van der Waals surface area (Å²) in [4.78, 5) is 5.76. The fourth-order valence-corrected chi connectivity index (χ4v) is 4.21. The molecular weight excluding hydrogens is 338 g/mol. The van der Waals surface area contributed by atoms with Gasteiger partial charge in [-0.3, -0.25) is 9.50 Å². The summed E-state index contributed by atoms with van der Waals surface area (Å²) in [5.74, 6) is 1.01. The summed E-state index contributed by atoms with van der Waals surface area (Å²) in [5.41, 5.74) is 3.34. The van der Waals surface area contributed by atoms with Gasteiger partial charge in [-0.1, -0.05) is 30.3 Å². The first kappa shape index (κ1) is 14.1. The average Bonchev–Trinajstić information content (AvgIpc) is 3.08. The van der Waals surface area contributed by atoms with Crippen molar-refractivity contribution in [1.29, 1.82) is 0 Å². The summed E-state index contributed by atoms with van der Waals surface area (Å²) in [5, 5.41) is 9.54. The summed E-state index contributed by atoms with van der Waals surface area (Å²) in [6, 6.07) is 10.8. The summed E-state index contributed by atoms with van der Waals surface area (Å²) in [6.45, 7) is 0. The zero-order valence-corrected chi connectivity index (χ0v) is 14.5. The second kappa shape index (κ2) is 5.39. The van der Waals surface area contributed by atoms with Crippen LogP contribution in [0.25, 0.3) is 16.2 Å². The molecule has 0 unspecified atom stereocenters. The van der Waals surface area contributed by atoms with Crippen LogP contribution in [0.15, 0.2) is 41.9 Å². The zero-order chi connectivity index (χ0) is 16.1. The van der Waals surface area contributed by atoms with Crippen molar-refractivity contribution < 1.29 is 0 Å². The second-order valence-corrected chi connectivity index (χ2v) is 7.32. The average molecular weight is 353 g/mol. The first-order valence-electron chi connectivity index (χ1n) is 7.96. The van der Waals surface area contributed by atoms with E-state index in [4.69, 9.17) is 17.2 Å². The van der Waals surface area contributed by atoms with Gasteiger partial charge in [-0.05, 0) is 25.1 Å². The van der Waals surface area contributed by atoms with Crippen molar-refractivity contribution in [3.8, 4) is 11.3 Å². The number of aromatic nitrogens is 5. The molecule has 0 amide bonds. The van der Waals surface area contributed by atoms with Crippen molar-refractivity contribution >= 4 is 28.5 Å². The van der Waals surface area contributed by atoms with E-state index in [9.17, 15) is 0 Å². The molecule has 120 valence electrons. The van der Waals surface area contributed by atoms with Crippen LogP contribution in [0.4, 0.5) is 0 Å². The lowest BCUT2D eigenvalue weighted by atomic mass is 10.2. The fourth-order valence-electron chi connectivity index (χ4n) is 3.04. The second-order valence-electron chi connectivity index (χ2n) is 6.09. The Hall–Kier alpha value is -2.25. The molecular formula is C17H15N5S2. The number of hydrogen-bond acceptors (Lipinski definition) is 4. The van der Waals surface area contributed by atoms with E-state index in [-0.39, 0.29) is 0 Å². The molecule has 0 aliphatic heterocycles. The third kappa shape index (κ3) is 2.32. The highest BCUT2D eigenvalue weighted by Crippen LogP contribution is 2.36. The number of imidazole rings is 1. The first-order valence-corrected chi connectivity index (χ1v) is 9.25. The Kier molecular flexibility index (Phi) is 3.17. The summed E-state index contributed by atoms with van der Waals surface area (Å²) >= 11 is 7.04. The Labute approximate surface area is 147 Å². The lowest BCUT2D eigenvalue weighted by Crippen LogP contribution is -2.04. The number of rotatable bonds is 4. The first-order chi connectivity index (χ1) is 11.8. The monoisotopic (exact) mass is 353 g/mol. The van der Waals surface area contributed by atoms with E-state index in [0.29, 0.717) is 6.04 Å². The van der Waals surface area contributed by atoms with E-state index in [1.165, 1.54) is 18.5 Å². The van der Waals surface area contributed by atoms with Crippen LogP contribution in [0.2, 0.25) is 0 Å². The highest BCUT2D eigenvalue weighted by Gasteiger charge is 2.27. The highest BCUT2D eigenvalue weighted by atomic mass is 32.1. The van der Waals surface area contributed by atoms with Gasteiger partial charge >= 0.3 is 0 Å². The van der Waals surface area contributed by atoms with Gasteiger partial charge in [0.05, 0.1) is 5.69 Å². The maximum Gasteiger partial charge on any atom is 0.195 e. The van der Waals surface area contributed by atoms with Crippen LogP contribution in [-0.2, 0) is 6.42 Å². The van der Waals surface area contributed by atoms with Crippen LogP contribution in [0.5, 0.6) is 0 Å². The number of aromatic amines is 1. The molecule has 1 aliphatic carbocycles. The van der Waals surface area contributed by atoms with Crippen molar-refractivity contribution in [3.63, 3.8) is 0 Å². The Bertz CT molecular complexity index is 1070. The van der Waals surface area contributed by atoms with E-state index in [1.54, 1.807) is 11.3 Å². The molecule has 0 bridgehead atoms. The van der Waals surface area contributed by atoms with E-state index in [1.807, 2.05) is 18.2 Å². The van der Waals surface area contributed by atoms with E-state index in [0.717, 1.165) is 33.2 Å².